The van der Waals surface area contributed by atoms with Crippen molar-refractivity contribution in [3.63, 3.8) is 0 Å². The number of hydrazone groups is 1. The maximum atomic E-state index is 11.8. The first-order chi connectivity index (χ1) is 9.16. The van der Waals surface area contributed by atoms with E-state index in [4.69, 9.17) is 11.6 Å². The first-order valence-electron chi connectivity index (χ1n) is 5.39. The Morgan fingerprint density at radius 3 is 2.79 bits per heavy atom. The Labute approximate surface area is 114 Å². The first-order valence-corrected chi connectivity index (χ1v) is 5.76. The summed E-state index contributed by atoms with van der Waals surface area (Å²) in [4.78, 5) is 15.6. The lowest BCUT2D eigenvalue weighted by Gasteiger charge is -2.03. The van der Waals surface area contributed by atoms with Gasteiger partial charge in [-0.05, 0) is 35.9 Å². The average Bonchev–Trinajstić information content (AvgIpc) is 2.42. The highest BCUT2D eigenvalue weighted by atomic mass is 35.5. The molecule has 19 heavy (non-hydrogen) atoms. The minimum absolute atomic E-state index is 0.0689. The predicted molar refractivity (Wildman–Crippen MR) is 72.4 cm³/mol. The fourth-order valence-electron chi connectivity index (χ4n) is 1.37. The number of hydrogen-bond acceptors (Lipinski definition) is 4. The fourth-order valence-corrected chi connectivity index (χ4v) is 1.54. The van der Waals surface area contributed by atoms with E-state index < -0.39 is 5.91 Å². The van der Waals surface area contributed by atoms with E-state index in [9.17, 15) is 9.90 Å². The van der Waals surface area contributed by atoms with Gasteiger partial charge in [-0.2, -0.15) is 5.10 Å². The van der Waals surface area contributed by atoms with Crippen LogP contribution < -0.4 is 5.43 Å². The third-order valence-electron chi connectivity index (χ3n) is 2.29. The molecule has 0 fully saturated rings. The molecule has 1 heterocycles. The number of amides is 1. The molecule has 0 aliphatic carbocycles. The van der Waals surface area contributed by atoms with Gasteiger partial charge in [0.25, 0.3) is 5.91 Å². The van der Waals surface area contributed by atoms with Crippen molar-refractivity contribution in [2.24, 2.45) is 5.10 Å². The summed E-state index contributed by atoms with van der Waals surface area (Å²) < 4.78 is 0. The molecule has 0 saturated carbocycles. The first kappa shape index (κ1) is 13.0. The number of carbonyl (C=O) groups is 1. The molecule has 96 valence electrons. The molecule has 6 heteroatoms. The number of halogens is 1. The zero-order valence-corrected chi connectivity index (χ0v) is 10.5. The lowest BCUT2D eigenvalue weighted by molar-refractivity contribution is 0.0952. The third-order valence-corrected chi connectivity index (χ3v) is 2.52. The van der Waals surface area contributed by atoms with E-state index >= 15 is 0 Å². The summed E-state index contributed by atoms with van der Waals surface area (Å²) in [6, 6.07) is 7.70. The minimum atomic E-state index is -0.537. The molecular weight excluding hydrogens is 266 g/mol. The van der Waals surface area contributed by atoms with Gasteiger partial charge in [-0.15, -0.1) is 0 Å². The molecule has 1 aromatic carbocycles. The number of nitrogens with one attached hydrogen (secondary N) is 1. The van der Waals surface area contributed by atoms with E-state index in [0.29, 0.717) is 5.02 Å². The van der Waals surface area contributed by atoms with Gasteiger partial charge in [-0.25, -0.2) is 5.43 Å². The molecule has 1 amide bonds. The number of nitrogens with zero attached hydrogens (tertiary/aromatic N) is 2. The van der Waals surface area contributed by atoms with Gasteiger partial charge in [0.05, 0.1) is 11.8 Å². The van der Waals surface area contributed by atoms with Gasteiger partial charge in [0.1, 0.15) is 5.75 Å². The number of hydrogen-bond donors (Lipinski definition) is 2. The van der Waals surface area contributed by atoms with Crippen LogP contribution >= 0.6 is 11.6 Å². The standard InChI is InChI=1S/C13H10ClN3O2/c14-10-1-2-12(18)11(7-10)13(19)17-16-8-9-3-5-15-6-4-9/h1-8,18H,(H,17,19). The third kappa shape index (κ3) is 3.53. The molecule has 0 aliphatic rings. The van der Waals surface area contributed by atoms with E-state index in [2.05, 4.69) is 15.5 Å². The highest BCUT2D eigenvalue weighted by Crippen LogP contribution is 2.21. The number of phenols is 1. The van der Waals surface area contributed by atoms with Crippen molar-refractivity contribution in [2.75, 3.05) is 0 Å². The van der Waals surface area contributed by atoms with Gasteiger partial charge < -0.3 is 5.11 Å². The van der Waals surface area contributed by atoms with E-state index in [1.807, 2.05) is 0 Å². The molecule has 0 aliphatic heterocycles. The number of carbonyl (C=O) groups excluding carboxylic acids is 1. The molecule has 2 N–H and O–H groups in total. The van der Waals surface area contributed by atoms with Crippen LogP contribution in [0.15, 0.2) is 47.8 Å². The van der Waals surface area contributed by atoms with Gasteiger partial charge in [0, 0.05) is 17.4 Å². The van der Waals surface area contributed by atoms with Crippen molar-refractivity contribution < 1.29 is 9.90 Å². The Morgan fingerprint density at radius 2 is 2.05 bits per heavy atom. The molecule has 2 rings (SSSR count). The van der Waals surface area contributed by atoms with Gasteiger partial charge >= 0.3 is 0 Å². The summed E-state index contributed by atoms with van der Waals surface area (Å²) in [6.07, 6.45) is 4.71. The number of pyridine rings is 1. The van der Waals surface area contributed by atoms with Crippen molar-refractivity contribution in [3.05, 3.63) is 58.9 Å². The van der Waals surface area contributed by atoms with Gasteiger partial charge in [-0.1, -0.05) is 11.6 Å². The van der Waals surface area contributed by atoms with Crippen molar-refractivity contribution in [2.45, 2.75) is 0 Å². The second-order valence-electron chi connectivity index (χ2n) is 3.64. The number of phenolic OH excluding ortho intramolecular Hbond substituents is 1. The SMILES string of the molecule is O=C(NN=Cc1ccncc1)c1cc(Cl)ccc1O. The van der Waals surface area contributed by atoms with Crippen LogP contribution in [0, 0.1) is 0 Å². The van der Waals surface area contributed by atoms with E-state index in [-0.39, 0.29) is 11.3 Å². The van der Waals surface area contributed by atoms with Crippen LogP contribution in [0.5, 0.6) is 5.75 Å². The number of benzene rings is 1. The minimum Gasteiger partial charge on any atom is -0.507 e. The van der Waals surface area contributed by atoms with Crippen molar-refractivity contribution in [3.8, 4) is 5.75 Å². The highest BCUT2D eigenvalue weighted by molar-refractivity contribution is 6.31. The summed E-state index contributed by atoms with van der Waals surface area (Å²) >= 11 is 5.75. The van der Waals surface area contributed by atoms with Gasteiger partial charge in [0.2, 0.25) is 0 Å². The van der Waals surface area contributed by atoms with Crippen LogP contribution in [0.1, 0.15) is 15.9 Å². The lowest BCUT2D eigenvalue weighted by atomic mass is 10.2. The van der Waals surface area contributed by atoms with Crippen molar-refractivity contribution >= 4 is 23.7 Å². The summed E-state index contributed by atoms with van der Waals surface area (Å²) in [5.74, 6) is -0.689. The molecule has 5 nitrogen and oxygen atoms in total. The Bertz CT molecular complexity index is 615. The van der Waals surface area contributed by atoms with E-state index in [1.54, 1.807) is 24.5 Å². The molecule has 0 spiro atoms. The lowest BCUT2D eigenvalue weighted by Crippen LogP contribution is -2.17. The maximum Gasteiger partial charge on any atom is 0.275 e. The second kappa shape index (κ2) is 5.97. The predicted octanol–water partition coefficient (Wildman–Crippen LogP) is 2.20. The molecule has 2 aromatic rings. The number of aromatic hydroxyl groups is 1. The maximum absolute atomic E-state index is 11.8. The normalized spacial score (nSPS) is 10.6. The summed E-state index contributed by atoms with van der Waals surface area (Å²) in [6.45, 7) is 0. The molecule has 0 unspecified atom stereocenters. The topological polar surface area (TPSA) is 74.6 Å². The number of rotatable bonds is 3. The quantitative estimate of drug-likeness (QED) is 0.666. The summed E-state index contributed by atoms with van der Waals surface area (Å²) in [5, 5.41) is 13.7. The molecular formula is C13H10ClN3O2. The average molecular weight is 276 g/mol. The largest absolute Gasteiger partial charge is 0.507 e. The second-order valence-corrected chi connectivity index (χ2v) is 4.08. The summed E-state index contributed by atoms with van der Waals surface area (Å²) in [5.41, 5.74) is 3.17. The molecule has 0 saturated heterocycles. The van der Waals surface area contributed by atoms with Gasteiger partial charge in [-0.3, -0.25) is 9.78 Å². The summed E-state index contributed by atoms with van der Waals surface area (Å²) in [7, 11) is 0. The smallest absolute Gasteiger partial charge is 0.275 e. The van der Waals surface area contributed by atoms with Gasteiger partial charge in [0.15, 0.2) is 0 Å². The van der Waals surface area contributed by atoms with Crippen molar-refractivity contribution in [1.82, 2.24) is 10.4 Å². The number of aromatic nitrogens is 1. The Morgan fingerprint density at radius 1 is 1.32 bits per heavy atom. The van der Waals surface area contributed by atoms with Crippen LogP contribution in [0.3, 0.4) is 0 Å². The Kier molecular flexibility index (Phi) is 4.10. The molecule has 0 atom stereocenters. The zero-order chi connectivity index (χ0) is 13.7. The van der Waals surface area contributed by atoms with E-state index in [1.165, 1.54) is 24.4 Å². The van der Waals surface area contributed by atoms with Crippen LogP contribution in [0.4, 0.5) is 0 Å². The molecule has 0 bridgehead atoms. The van der Waals surface area contributed by atoms with Crippen LogP contribution in [0.2, 0.25) is 5.02 Å². The monoisotopic (exact) mass is 275 g/mol. The Balaban J connectivity index is 2.06. The van der Waals surface area contributed by atoms with Crippen LogP contribution in [0.25, 0.3) is 0 Å². The Hall–Kier alpha value is -2.40. The fraction of sp³-hybridized carbons (Fsp3) is 0. The van der Waals surface area contributed by atoms with Crippen LogP contribution in [-0.4, -0.2) is 22.2 Å². The van der Waals surface area contributed by atoms with Crippen LogP contribution in [-0.2, 0) is 0 Å². The molecule has 1 aromatic heterocycles. The zero-order valence-electron chi connectivity index (χ0n) is 9.75. The highest BCUT2D eigenvalue weighted by Gasteiger charge is 2.10. The van der Waals surface area contributed by atoms with E-state index in [0.717, 1.165) is 5.56 Å². The molecule has 0 radical (unpaired) electrons. The van der Waals surface area contributed by atoms with Crippen molar-refractivity contribution in [1.29, 1.82) is 0 Å².